The Kier molecular flexibility index (Phi) is 4.66. The van der Waals surface area contributed by atoms with Gasteiger partial charge >= 0.3 is 0 Å². The molecule has 0 amide bonds. The topological polar surface area (TPSA) is 47.0 Å². The summed E-state index contributed by atoms with van der Waals surface area (Å²) in [5.41, 5.74) is 1.08. The van der Waals surface area contributed by atoms with Crippen molar-refractivity contribution in [1.82, 2.24) is 15.3 Å². The number of hydrogen-bond donors (Lipinski definition) is 1. The molecule has 0 spiro atoms. The number of nitrogens with one attached hydrogen (secondary N) is 1. The third-order valence-corrected chi connectivity index (χ3v) is 3.97. The van der Waals surface area contributed by atoms with E-state index < -0.39 is 0 Å². The second-order valence-corrected chi connectivity index (χ2v) is 5.01. The van der Waals surface area contributed by atoms with E-state index in [-0.39, 0.29) is 5.60 Å². The summed E-state index contributed by atoms with van der Waals surface area (Å²) < 4.78 is 5.98. The molecule has 1 saturated heterocycles. The smallest absolute Gasteiger partial charge is 0.0724 e. The zero-order valence-corrected chi connectivity index (χ0v) is 11.4. The van der Waals surface area contributed by atoms with Gasteiger partial charge in [-0.1, -0.05) is 13.8 Å². The Hall–Kier alpha value is -1.00. The lowest BCUT2D eigenvalue weighted by molar-refractivity contribution is -0.0932. The molecule has 0 aliphatic carbocycles. The van der Waals surface area contributed by atoms with Crippen LogP contribution in [0.2, 0.25) is 0 Å². The number of hydrogen-bond acceptors (Lipinski definition) is 4. The summed E-state index contributed by atoms with van der Waals surface area (Å²) >= 11 is 0. The first kappa shape index (κ1) is 13.4. The van der Waals surface area contributed by atoms with Crippen molar-refractivity contribution in [3.63, 3.8) is 0 Å². The fourth-order valence-electron chi connectivity index (χ4n) is 2.61. The highest BCUT2D eigenvalue weighted by Gasteiger charge is 2.34. The Morgan fingerprint density at radius 1 is 1.39 bits per heavy atom. The molecular formula is C14H23N3O. The van der Waals surface area contributed by atoms with Crippen LogP contribution < -0.4 is 5.32 Å². The first-order valence-electron chi connectivity index (χ1n) is 6.90. The summed E-state index contributed by atoms with van der Waals surface area (Å²) in [6.45, 7) is 6.09. The predicted octanol–water partition coefficient (Wildman–Crippen LogP) is 2.30. The summed E-state index contributed by atoms with van der Waals surface area (Å²) in [6.07, 6.45) is 9.63. The van der Waals surface area contributed by atoms with Crippen molar-refractivity contribution >= 4 is 0 Å². The van der Waals surface area contributed by atoms with Crippen LogP contribution in [0.4, 0.5) is 0 Å². The van der Waals surface area contributed by atoms with Gasteiger partial charge in [-0.15, -0.1) is 0 Å². The summed E-state index contributed by atoms with van der Waals surface area (Å²) in [6, 6.07) is 0.528. The van der Waals surface area contributed by atoms with Crippen molar-refractivity contribution in [3.05, 3.63) is 24.3 Å². The Morgan fingerprint density at radius 2 is 2.22 bits per heavy atom. The Labute approximate surface area is 109 Å². The van der Waals surface area contributed by atoms with E-state index in [0.29, 0.717) is 6.04 Å². The molecule has 0 aromatic carbocycles. The molecule has 100 valence electrons. The molecule has 2 rings (SSSR count). The van der Waals surface area contributed by atoms with Gasteiger partial charge in [0.25, 0.3) is 0 Å². The van der Waals surface area contributed by atoms with E-state index in [0.717, 1.165) is 44.5 Å². The Balaban J connectivity index is 1.86. The molecule has 1 unspecified atom stereocenters. The molecule has 18 heavy (non-hydrogen) atoms. The van der Waals surface area contributed by atoms with Crippen molar-refractivity contribution < 1.29 is 4.74 Å². The van der Waals surface area contributed by atoms with Crippen molar-refractivity contribution in [3.8, 4) is 0 Å². The third-order valence-electron chi connectivity index (χ3n) is 3.97. The Bertz CT molecular complexity index is 351. The Morgan fingerprint density at radius 3 is 2.89 bits per heavy atom. The first-order valence-corrected chi connectivity index (χ1v) is 6.90. The summed E-state index contributed by atoms with van der Waals surface area (Å²) in [7, 11) is 0. The molecule has 4 heteroatoms. The minimum Gasteiger partial charge on any atom is -0.375 e. The van der Waals surface area contributed by atoms with Crippen LogP contribution in [0, 0.1) is 0 Å². The molecular weight excluding hydrogens is 226 g/mol. The monoisotopic (exact) mass is 249 g/mol. The number of rotatable bonds is 5. The van der Waals surface area contributed by atoms with Gasteiger partial charge < -0.3 is 10.1 Å². The van der Waals surface area contributed by atoms with Crippen molar-refractivity contribution in [2.45, 2.75) is 57.7 Å². The lowest BCUT2D eigenvalue weighted by Gasteiger charge is -2.40. The van der Waals surface area contributed by atoms with Crippen LogP contribution in [0.15, 0.2) is 18.6 Å². The van der Waals surface area contributed by atoms with Gasteiger partial charge in [-0.2, -0.15) is 0 Å². The highest BCUT2D eigenvalue weighted by molar-refractivity contribution is 4.95. The van der Waals surface area contributed by atoms with Gasteiger partial charge in [0.05, 0.1) is 11.3 Å². The lowest BCUT2D eigenvalue weighted by Crippen LogP contribution is -2.46. The zero-order valence-electron chi connectivity index (χ0n) is 11.4. The molecule has 4 nitrogen and oxygen atoms in total. The minimum absolute atomic E-state index is 0.0816. The van der Waals surface area contributed by atoms with Gasteiger partial charge in [0.2, 0.25) is 0 Å². The van der Waals surface area contributed by atoms with Gasteiger partial charge in [-0.3, -0.25) is 9.97 Å². The quantitative estimate of drug-likeness (QED) is 0.870. The van der Waals surface area contributed by atoms with Gasteiger partial charge in [0.15, 0.2) is 0 Å². The van der Waals surface area contributed by atoms with Crippen LogP contribution in [0.5, 0.6) is 0 Å². The van der Waals surface area contributed by atoms with Gasteiger partial charge in [0.1, 0.15) is 0 Å². The number of nitrogens with zero attached hydrogens (tertiary/aromatic N) is 2. The lowest BCUT2D eigenvalue weighted by atomic mass is 9.86. The molecule has 0 saturated carbocycles. The van der Waals surface area contributed by atoms with Crippen molar-refractivity contribution in [2.24, 2.45) is 0 Å². The van der Waals surface area contributed by atoms with Crippen LogP contribution >= 0.6 is 0 Å². The van der Waals surface area contributed by atoms with Crippen LogP contribution in [-0.4, -0.2) is 28.2 Å². The fourth-order valence-corrected chi connectivity index (χ4v) is 2.61. The average molecular weight is 249 g/mol. The molecule has 1 aliphatic rings. The van der Waals surface area contributed by atoms with Crippen LogP contribution in [0.3, 0.4) is 0 Å². The average Bonchev–Trinajstić information content (AvgIpc) is 2.46. The van der Waals surface area contributed by atoms with Crippen LogP contribution in [0.25, 0.3) is 0 Å². The van der Waals surface area contributed by atoms with Gasteiger partial charge in [0, 0.05) is 37.8 Å². The summed E-state index contributed by atoms with van der Waals surface area (Å²) in [4.78, 5) is 8.37. The SMILES string of the molecule is CCC1(CC)CC(NCc2cnccn2)CCO1. The highest BCUT2D eigenvalue weighted by atomic mass is 16.5. The van der Waals surface area contributed by atoms with E-state index in [1.165, 1.54) is 0 Å². The molecule has 0 radical (unpaired) electrons. The van der Waals surface area contributed by atoms with Gasteiger partial charge in [-0.05, 0) is 25.7 Å². The zero-order chi connectivity index (χ0) is 12.8. The second-order valence-electron chi connectivity index (χ2n) is 5.01. The first-order chi connectivity index (χ1) is 8.78. The molecule has 1 aromatic rings. The second kappa shape index (κ2) is 6.25. The molecule has 0 bridgehead atoms. The van der Waals surface area contributed by atoms with Crippen LogP contribution in [0.1, 0.15) is 45.2 Å². The minimum atomic E-state index is 0.0816. The maximum Gasteiger partial charge on any atom is 0.0724 e. The molecule has 1 aliphatic heterocycles. The third kappa shape index (κ3) is 3.27. The maximum atomic E-state index is 5.98. The van der Waals surface area contributed by atoms with E-state index in [9.17, 15) is 0 Å². The van der Waals surface area contributed by atoms with Crippen LogP contribution in [-0.2, 0) is 11.3 Å². The van der Waals surface area contributed by atoms with Gasteiger partial charge in [-0.25, -0.2) is 0 Å². The molecule has 1 N–H and O–H groups in total. The molecule has 1 atom stereocenters. The van der Waals surface area contributed by atoms with Crippen molar-refractivity contribution in [2.75, 3.05) is 6.61 Å². The summed E-state index contributed by atoms with van der Waals surface area (Å²) in [5, 5.41) is 3.58. The summed E-state index contributed by atoms with van der Waals surface area (Å²) in [5.74, 6) is 0. The number of aromatic nitrogens is 2. The highest BCUT2D eigenvalue weighted by Crippen LogP contribution is 2.31. The predicted molar refractivity (Wildman–Crippen MR) is 71.2 cm³/mol. The molecule has 1 fully saturated rings. The fraction of sp³-hybridized carbons (Fsp3) is 0.714. The maximum absolute atomic E-state index is 5.98. The number of ether oxygens (including phenoxy) is 1. The normalized spacial score (nSPS) is 22.9. The van der Waals surface area contributed by atoms with E-state index in [2.05, 4.69) is 29.1 Å². The van der Waals surface area contributed by atoms with E-state index >= 15 is 0 Å². The molecule has 2 heterocycles. The molecule has 1 aromatic heterocycles. The van der Waals surface area contributed by atoms with E-state index in [1.54, 1.807) is 12.4 Å². The van der Waals surface area contributed by atoms with Crippen molar-refractivity contribution in [1.29, 1.82) is 0 Å². The van der Waals surface area contributed by atoms with E-state index in [4.69, 9.17) is 4.74 Å². The largest absolute Gasteiger partial charge is 0.375 e. The standard InChI is InChI=1S/C14H23N3O/c1-3-14(4-2)9-12(5-8-18-14)17-11-13-10-15-6-7-16-13/h6-7,10,12,17H,3-5,8-9,11H2,1-2H3. The van der Waals surface area contributed by atoms with E-state index in [1.807, 2.05) is 6.20 Å².